The number of halogens is 1. The van der Waals surface area contributed by atoms with Crippen LogP contribution in [0.25, 0.3) is 0 Å². The van der Waals surface area contributed by atoms with Crippen LogP contribution in [0, 0.1) is 11.8 Å². The normalized spacial score (nSPS) is 30.8. The van der Waals surface area contributed by atoms with E-state index in [0.717, 1.165) is 27.6 Å². The largest absolute Gasteiger partial charge is 0.490 e. The van der Waals surface area contributed by atoms with Crippen LogP contribution in [0.4, 0.5) is 0 Å². The molecule has 3 rings (SSSR count). The molecule has 1 aromatic carbocycles. The van der Waals surface area contributed by atoms with Gasteiger partial charge in [-0.1, -0.05) is 15.9 Å². The van der Waals surface area contributed by atoms with Gasteiger partial charge in [-0.15, -0.1) is 0 Å². The maximum absolute atomic E-state index is 6.19. The Labute approximate surface area is 111 Å². The van der Waals surface area contributed by atoms with E-state index in [9.17, 15) is 0 Å². The second-order valence-electron chi connectivity index (χ2n) is 5.29. The van der Waals surface area contributed by atoms with Crippen molar-refractivity contribution in [2.45, 2.75) is 38.3 Å². The smallest absolute Gasteiger partial charge is 0.124 e. The van der Waals surface area contributed by atoms with Gasteiger partial charge in [0.05, 0.1) is 0 Å². The molecule has 1 aromatic rings. The Morgan fingerprint density at radius 1 is 1.29 bits per heavy atom. The first-order chi connectivity index (χ1) is 8.26. The lowest BCUT2D eigenvalue weighted by Gasteiger charge is -2.24. The number of benzene rings is 1. The Hall–Kier alpha value is -0.540. The van der Waals surface area contributed by atoms with E-state index < -0.39 is 0 Å². The van der Waals surface area contributed by atoms with Crippen molar-refractivity contribution >= 4 is 15.9 Å². The quantitative estimate of drug-likeness (QED) is 0.927. The minimum Gasteiger partial charge on any atom is -0.490 e. The monoisotopic (exact) mass is 295 g/mol. The van der Waals surface area contributed by atoms with E-state index in [1.165, 1.54) is 25.7 Å². The van der Waals surface area contributed by atoms with Crippen LogP contribution in [0.5, 0.6) is 5.75 Å². The van der Waals surface area contributed by atoms with E-state index in [2.05, 4.69) is 22.0 Å². The number of rotatable bonds is 3. The van der Waals surface area contributed by atoms with Gasteiger partial charge in [-0.05, 0) is 55.7 Å². The second kappa shape index (κ2) is 4.62. The molecule has 0 amide bonds. The molecule has 2 bridgehead atoms. The van der Waals surface area contributed by atoms with Gasteiger partial charge in [0.25, 0.3) is 0 Å². The summed E-state index contributed by atoms with van der Waals surface area (Å²) < 4.78 is 7.25. The molecule has 0 aromatic heterocycles. The molecule has 3 heteroatoms. The summed E-state index contributed by atoms with van der Waals surface area (Å²) in [6, 6.07) is 6.13. The van der Waals surface area contributed by atoms with E-state index in [1.807, 2.05) is 12.1 Å². The van der Waals surface area contributed by atoms with Gasteiger partial charge in [0, 0.05) is 16.6 Å². The van der Waals surface area contributed by atoms with Gasteiger partial charge >= 0.3 is 0 Å². The average Bonchev–Trinajstić information content (AvgIpc) is 2.93. The lowest BCUT2D eigenvalue weighted by atomic mass is 9.97. The summed E-state index contributed by atoms with van der Waals surface area (Å²) in [5.74, 6) is 2.68. The number of nitrogens with two attached hydrogens (primary N) is 1. The van der Waals surface area contributed by atoms with Crippen LogP contribution >= 0.6 is 15.9 Å². The molecule has 2 fully saturated rings. The van der Waals surface area contributed by atoms with Gasteiger partial charge in [0.2, 0.25) is 0 Å². The summed E-state index contributed by atoms with van der Waals surface area (Å²) in [7, 11) is 0. The molecule has 2 aliphatic rings. The Morgan fingerprint density at radius 3 is 2.82 bits per heavy atom. The van der Waals surface area contributed by atoms with Crippen molar-refractivity contribution in [3.8, 4) is 5.75 Å². The number of hydrogen-bond donors (Lipinski definition) is 1. The molecule has 92 valence electrons. The summed E-state index contributed by atoms with van der Waals surface area (Å²) in [6.45, 7) is 0.537. The van der Waals surface area contributed by atoms with Gasteiger partial charge in [0.1, 0.15) is 11.9 Å². The Balaban J connectivity index is 1.76. The number of hydrogen-bond acceptors (Lipinski definition) is 2. The second-order valence-corrected chi connectivity index (χ2v) is 6.20. The molecule has 3 atom stereocenters. The highest BCUT2D eigenvalue weighted by atomic mass is 79.9. The van der Waals surface area contributed by atoms with Gasteiger partial charge in [0.15, 0.2) is 0 Å². The molecule has 0 aliphatic heterocycles. The van der Waals surface area contributed by atoms with Crippen molar-refractivity contribution in [2.24, 2.45) is 17.6 Å². The van der Waals surface area contributed by atoms with Crippen molar-refractivity contribution in [3.05, 3.63) is 28.2 Å². The molecule has 0 radical (unpaired) electrons. The van der Waals surface area contributed by atoms with Crippen molar-refractivity contribution < 1.29 is 4.74 Å². The maximum atomic E-state index is 6.19. The van der Waals surface area contributed by atoms with Crippen molar-refractivity contribution in [1.29, 1.82) is 0 Å². The molecule has 0 saturated heterocycles. The van der Waals surface area contributed by atoms with Crippen LogP contribution in [0.2, 0.25) is 0 Å². The predicted molar refractivity (Wildman–Crippen MR) is 71.9 cm³/mol. The molecule has 2 nitrogen and oxygen atoms in total. The van der Waals surface area contributed by atoms with Crippen molar-refractivity contribution in [1.82, 2.24) is 0 Å². The average molecular weight is 296 g/mol. The van der Waals surface area contributed by atoms with Crippen LogP contribution in [-0.2, 0) is 6.54 Å². The Morgan fingerprint density at radius 2 is 2.18 bits per heavy atom. The zero-order chi connectivity index (χ0) is 11.8. The van der Waals surface area contributed by atoms with Gasteiger partial charge < -0.3 is 10.5 Å². The van der Waals surface area contributed by atoms with Crippen LogP contribution in [0.3, 0.4) is 0 Å². The van der Waals surface area contributed by atoms with Gasteiger partial charge in [-0.3, -0.25) is 0 Å². The Kier molecular flexibility index (Phi) is 3.14. The minimum atomic E-state index is 0.431. The highest BCUT2D eigenvalue weighted by Crippen LogP contribution is 2.46. The highest BCUT2D eigenvalue weighted by Gasteiger charge is 2.41. The highest BCUT2D eigenvalue weighted by molar-refractivity contribution is 9.10. The van der Waals surface area contributed by atoms with Gasteiger partial charge in [-0.25, -0.2) is 0 Å². The van der Waals surface area contributed by atoms with Crippen LogP contribution in [-0.4, -0.2) is 6.10 Å². The maximum Gasteiger partial charge on any atom is 0.124 e. The minimum absolute atomic E-state index is 0.431. The predicted octanol–water partition coefficient (Wildman–Crippen LogP) is 3.48. The van der Waals surface area contributed by atoms with E-state index in [1.54, 1.807) is 0 Å². The fourth-order valence-corrected chi connectivity index (χ4v) is 3.72. The van der Waals surface area contributed by atoms with Gasteiger partial charge in [-0.2, -0.15) is 0 Å². The fourth-order valence-electron chi connectivity index (χ4n) is 3.32. The van der Waals surface area contributed by atoms with Crippen LogP contribution in [0.1, 0.15) is 31.2 Å². The van der Waals surface area contributed by atoms with E-state index >= 15 is 0 Å². The lowest BCUT2D eigenvalue weighted by molar-refractivity contribution is 0.137. The zero-order valence-electron chi connectivity index (χ0n) is 9.86. The van der Waals surface area contributed by atoms with Crippen LogP contribution in [0.15, 0.2) is 22.7 Å². The third-order valence-corrected chi connectivity index (χ3v) is 4.69. The summed E-state index contributed by atoms with van der Waals surface area (Å²) in [6.07, 6.45) is 5.81. The molecule has 3 unspecified atom stereocenters. The van der Waals surface area contributed by atoms with E-state index in [0.29, 0.717) is 12.6 Å². The first-order valence-corrected chi connectivity index (χ1v) is 7.20. The topological polar surface area (TPSA) is 35.2 Å². The SMILES string of the molecule is NCc1cc(Br)ccc1OC1CC2CCC1C2. The molecule has 17 heavy (non-hydrogen) atoms. The first kappa shape index (κ1) is 11.5. The number of fused-ring (bicyclic) bond motifs is 2. The molecular weight excluding hydrogens is 278 g/mol. The lowest BCUT2D eigenvalue weighted by Crippen LogP contribution is -2.24. The Bertz CT molecular complexity index is 421. The molecule has 2 aliphatic carbocycles. The molecular formula is C14H18BrNO. The third kappa shape index (κ3) is 2.23. The summed E-state index contributed by atoms with van der Waals surface area (Å²) >= 11 is 3.47. The van der Waals surface area contributed by atoms with Crippen molar-refractivity contribution in [2.75, 3.05) is 0 Å². The first-order valence-electron chi connectivity index (χ1n) is 6.41. The number of ether oxygens (including phenoxy) is 1. The zero-order valence-corrected chi connectivity index (χ0v) is 11.4. The van der Waals surface area contributed by atoms with Crippen LogP contribution < -0.4 is 10.5 Å². The third-order valence-electron chi connectivity index (χ3n) is 4.19. The summed E-state index contributed by atoms with van der Waals surface area (Å²) in [5.41, 5.74) is 6.87. The molecule has 0 heterocycles. The molecule has 2 N–H and O–H groups in total. The standard InChI is InChI=1S/C14H18BrNO/c15-12-3-4-13(11(7-12)8-16)17-14-6-9-1-2-10(14)5-9/h3-4,7,9-10,14H,1-2,5-6,8,16H2. The summed E-state index contributed by atoms with van der Waals surface area (Å²) in [4.78, 5) is 0. The molecule has 0 spiro atoms. The van der Waals surface area contributed by atoms with Crippen molar-refractivity contribution in [3.63, 3.8) is 0 Å². The molecule has 2 saturated carbocycles. The summed E-state index contributed by atoms with van der Waals surface area (Å²) in [5, 5.41) is 0. The van der Waals surface area contributed by atoms with E-state index in [-0.39, 0.29) is 0 Å². The van der Waals surface area contributed by atoms with E-state index in [4.69, 9.17) is 10.5 Å². The fraction of sp³-hybridized carbons (Fsp3) is 0.571.